The second-order valence-corrected chi connectivity index (χ2v) is 4.64. The molecule has 0 atom stereocenters. The summed E-state index contributed by atoms with van der Waals surface area (Å²) in [6.45, 7) is 4.53. The van der Waals surface area contributed by atoms with Gasteiger partial charge in [0, 0.05) is 12.7 Å². The highest BCUT2D eigenvalue weighted by atomic mass is 16.1. The third kappa shape index (κ3) is 3.21. The van der Waals surface area contributed by atoms with Gasteiger partial charge >= 0.3 is 0 Å². The van der Waals surface area contributed by atoms with Crippen molar-refractivity contribution in [3.8, 4) is 6.07 Å². The van der Waals surface area contributed by atoms with Crippen LogP contribution in [0.4, 0.5) is 0 Å². The third-order valence-corrected chi connectivity index (χ3v) is 3.15. The monoisotopic (exact) mass is 265 g/mol. The number of hydrogen-bond acceptors (Lipinski definition) is 3. The van der Waals surface area contributed by atoms with Gasteiger partial charge in [-0.05, 0) is 42.7 Å². The number of carbonyl (C=O) groups excluding carboxylic acids is 1. The summed E-state index contributed by atoms with van der Waals surface area (Å²) < 4.78 is 0. The second kappa shape index (κ2) is 5.98. The molecule has 100 valence electrons. The number of nitrogens with zero attached hydrogens (tertiary/aromatic N) is 2. The van der Waals surface area contributed by atoms with Gasteiger partial charge in [0.1, 0.15) is 5.69 Å². The smallest absolute Gasteiger partial charge is 0.270 e. The van der Waals surface area contributed by atoms with Crippen molar-refractivity contribution < 1.29 is 4.79 Å². The molecule has 0 aliphatic heterocycles. The van der Waals surface area contributed by atoms with Crippen LogP contribution in [0.15, 0.2) is 36.5 Å². The molecule has 1 N–H and O–H groups in total. The van der Waals surface area contributed by atoms with Crippen molar-refractivity contribution in [3.63, 3.8) is 0 Å². The van der Waals surface area contributed by atoms with Crippen LogP contribution in [0.25, 0.3) is 0 Å². The molecular weight excluding hydrogens is 250 g/mol. The molecule has 2 rings (SSSR count). The first kappa shape index (κ1) is 13.8. The molecule has 2 aromatic rings. The molecule has 0 unspecified atom stereocenters. The molecule has 0 spiro atoms. The van der Waals surface area contributed by atoms with E-state index < -0.39 is 0 Å². The molecule has 0 bridgehead atoms. The van der Waals surface area contributed by atoms with Crippen LogP contribution in [0.2, 0.25) is 0 Å². The summed E-state index contributed by atoms with van der Waals surface area (Å²) in [6.07, 6.45) is 1.46. The van der Waals surface area contributed by atoms with Crippen LogP contribution in [0.5, 0.6) is 0 Å². The van der Waals surface area contributed by atoms with Gasteiger partial charge in [-0.15, -0.1) is 0 Å². The first-order valence-corrected chi connectivity index (χ1v) is 6.30. The van der Waals surface area contributed by atoms with Crippen LogP contribution < -0.4 is 5.32 Å². The van der Waals surface area contributed by atoms with E-state index in [2.05, 4.69) is 23.3 Å². The maximum absolute atomic E-state index is 12.0. The van der Waals surface area contributed by atoms with Crippen molar-refractivity contribution in [2.24, 2.45) is 0 Å². The average molecular weight is 265 g/mol. The van der Waals surface area contributed by atoms with E-state index in [0.29, 0.717) is 12.1 Å². The summed E-state index contributed by atoms with van der Waals surface area (Å²) in [7, 11) is 0. The summed E-state index contributed by atoms with van der Waals surface area (Å²) in [4.78, 5) is 15.9. The number of carbonyl (C=O) groups is 1. The minimum Gasteiger partial charge on any atom is -0.347 e. The minimum atomic E-state index is -0.277. The van der Waals surface area contributed by atoms with Gasteiger partial charge in [0.25, 0.3) is 5.91 Å². The average Bonchev–Trinajstić information content (AvgIpc) is 2.48. The third-order valence-electron chi connectivity index (χ3n) is 3.15. The summed E-state index contributed by atoms with van der Waals surface area (Å²) in [5.74, 6) is -0.277. The van der Waals surface area contributed by atoms with E-state index in [9.17, 15) is 4.79 Å². The van der Waals surface area contributed by atoms with E-state index in [1.807, 2.05) is 25.1 Å². The van der Waals surface area contributed by atoms with Gasteiger partial charge in [-0.2, -0.15) is 5.26 Å². The zero-order chi connectivity index (χ0) is 14.5. The molecule has 0 saturated heterocycles. The molecule has 0 aliphatic carbocycles. The van der Waals surface area contributed by atoms with Gasteiger partial charge < -0.3 is 5.32 Å². The quantitative estimate of drug-likeness (QED) is 0.927. The van der Waals surface area contributed by atoms with E-state index in [1.54, 1.807) is 6.07 Å². The number of rotatable bonds is 3. The summed E-state index contributed by atoms with van der Waals surface area (Å²) in [6, 6.07) is 11.1. The Hall–Kier alpha value is -2.67. The first-order chi connectivity index (χ1) is 9.60. The Kier molecular flexibility index (Phi) is 4.11. The van der Waals surface area contributed by atoms with Gasteiger partial charge in [0.05, 0.1) is 11.6 Å². The molecule has 1 heterocycles. The number of aromatic nitrogens is 1. The zero-order valence-electron chi connectivity index (χ0n) is 11.5. The number of nitriles is 1. The second-order valence-electron chi connectivity index (χ2n) is 4.64. The Labute approximate surface area is 118 Å². The Balaban J connectivity index is 2.04. The molecule has 1 amide bonds. The van der Waals surface area contributed by atoms with Gasteiger partial charge in [0.2, 0.25) is 0 Å². The SMILES string of the molecule is Cc1ccc(CNC(=O)c2cc(C#N)ccn2)cc1C. The van der Waals surface area contributed by atoms with Crippen molar-refractivity contribution in [2.45, 2.75) is 20.4 Å². The van der Waals surface area contributed by atoms with E-state index in [0.717, 1.165) is 5.56 Å². The van der Waals surface area contributed by atoms with Gasteiger partial charge in [-0.25, -0.2) is 0 Å². The van der Waals surface area contributed by atoms with Gasteiger partial charge in [0.15, 0.2) is 0 Å². The maximum atomic E-state index is 12.0. The minimum absolute atomic E-state index is 0.257. The lowest BCUT2D eigenvalue weighted by molar-refractivity contribution is 0.0946. The fourth-order valence-electron chi connectivity index (χ4n) is 1.81. The molecule has 0 saturated carbocycles. The molecule has 1 aromatic carbocycles. The lowest BCUT2D eigenvalue weighted by Gasteiger charge is -2.07. The summed E-state index contributed by atoms with van der Waals surface area (Å²) >= 11 is 0. The van der Waals surface area contributed by atoms with Crippen LogP contribution in [-0.4, -0.2) is 10.9 Å². The number of nitrogens with one attached hydrogen (secondary N) is 1. The number of pyridine rings is 1. The van der Waals surface area contributed by atoms with Gasteiger partial charge in [-0.1, -0.05) is 18.2 Å². The van der Waals surface area contributed by atoms with Crippen LogP contribution in [0.1, 0.15) is 32.7 Å². The number of amides is 1. The van der Waals surface area contributed by atoms with Crippen molar-refractivity contribution in [1.29, 1.82) is 5.26 Å². The highest BCUT2D eigenvalue weighted by Crippen LogP contribution is 2.09. The van der Waals surface area contributed by atoms with Crippen molar-refractivity contribution in [1.82, 2.24) is 10.3 Å². The topological polar surface area (TPSA) is 65.8 Å². The molecule has 0 aliphatic rings. The largest absolute Gasteiger partial charge is 0.347 e. The van der Waals surface area contributed by atoms with E-state index in [4.69, 9.17) is 5.26 Å². The molecule has 4 nitrogen and oxygen atoms in total. The summed E-state index contributed by atoms with van der Waals surface area (Å²) in [5.41, 5.74) is 4.15. The standard InChI is InChI=1S/C16H15N3O/c1-11-3-4-14(7-12(11)2)10-19-16(20)15-8-13(9-17)5-6-18-15/h3-8H,10H2,1-2H3,(H,19,20). The van der Waals surface area contributed by atoms with E-state index in [1.165, 1.54) is 23.4 Å². The lowest BCUT2D eigenvalue weighted by Crippen LogP contribution is -2.23. The maximum Gasteiger partial charge on any atom is 0.270 e. The van der Waals surface area contributed by atoms with Crippen molar-refractivity contribution >= 4 is 5.91 Å². The van der Waals surface area contributed by atoms with Crippen LogP contribution in [0, 0.1) is 25.2 Å². The zero-order valence-corrected chi connectivity index (χ0v) is 11.5. The van der Waals surface area contributed by atoms with Gasteiger partial charge in [-0.3, -0.25) is 9.78 Å². The lowest BCUT2D eigenvalue weighted by atomic mass is 10.1. The van der Waals surface area contributed by atoms with Crippen LogP contribution in [0.3, 0.4) is 0 Å². The van der Waals surface area contributed by atoms with Crippen LogP contribution >= 0.6 is 0 Å². The molecular formula is C16H15N3O. The van der Waals surface area contributed by atoms with E-state index >= 15 is 0 Å². The summed E-state index contributed by atoms with van der Waals surface area (Å²) in [5, 5.41) is 11.6. The highest BCUT2D eigenvalue weighted by Gasteiger charge is 2.07. The molecule has 0 fully saturated rings. The fraction of sp³-hybridized carbons (Fsp3) is 0.188. The van der Waals surface area contributed by atoms with Crippen molar-refractivity contribution in [2.75, 3.05) is 0 Å². The van der Waals surface area contributed by atoms with E-state index in [-0.39, 0.29) is 11.6 Å². The normalized spacial score (nSPS) is 9.85. The molecule has 0 radical (unpaired) electrons. The predicted molar refractivity (Wildman–Crippen MR) is 76.0 cm³/mol. The highest BCUT2D eigenvalue weighted by molar-refractivity contribution is 5.92. The number of hydrogen-bond donors (Lipinski definition) is 1. The molecule has 1 aromatic heterocycles. The Morgan fingerprint density at radius 2 is 2.05 bits per heavy atom. The number of benzene rings is 1. The molecule has 20 heavy (non-hydrogen) atoms. The van der Waals surface area contributed by atoms with Crippen LogP contribution in [-0.2, 0) is 6.54 Å². The Morgan fingerprint density at radius 3 is 2.75 bits per heavy atom. The first-order valence-electron chi connectivity index (χ1n) is 6.30. The Bertz CT molecular complexity index is 686. The fourth-order valence-corrected chi connectivity index (χ4v) is 1.81. The Morgan fingerprint density at radius 1 is 1.25 bits per heavy atom. The number of aryl methyl sites for hydroxylation is 2. The van der Waals surface area contributed by atoms with Crippen molar-refractivity contribution in [3.05, 3.63) is 64.5 Å². The predicted octanol–water partition coefficient (Wildman–Crippen LogP) is 2.50. The molecule has 4 heteroatoms.